The molecule has 1 aliphatic heterocycles. The Morgan fingerprint density at radius 2 is 2.04 bits per heavy atom. The number of amides is 1. The van der Waals surface area contributed by atoms with E-state index in [-0.39, 0.29) is 17.8 Å². The third kappa shape index (κ3) is 5.95. The molecule has 0 saturated carbocycles. The first-order chi connectivity index (χ1) is 12.4. The Bertz CT molecular complexity index is 613. The molecule has 0 radical (unpaired) electrons. The molecular formula is C18H24F2N2O3S. The van der Waals surface area contributed by atoms with E-state index in [1.54, 1.807) is 38.1 Å². The summed E-state index contributed by atoms with van der Waals surface area (Å²) in [6, 6.07) is 5.91. The fourth-order valence-corrected chi connectivity index (χ4v) is 3.44. The fourth-order valence-electron chi connectivity index (χ4n) is 2.94. The summed E-state index contributed by atoms with van der Waals surface area (Å²) in [7, 11) is 0. The van der Waals surface area contributed by atoms with Gasteiger partial charge in [0.1, 0.15) is 0 Å². The first-order valence-corrected chi connectivity index (χ1v) is 9.55. The minimum atomic E-state index is -2.47. The maximum Gasteiger partial charge on any atom is 0.310 e. The summed E-state index contributed by atoms with van der Waals surface area (Å²) >= 11 is 0.464. The van der Waals surface area contributed by atoms with Crippen LogP contribution >= 0.6 is 11.8 Å². The number of halogens is 2. The smallest absolute Gasteiger partial charge is 0.310 e. The van der Waals surface area contributed by atoms with Crippen LogP contribution in [0.4, 0.5) is 14.5 Å². The fraction of sp³-hybridized carbons (Fsp3) is 0.556. The van der Waals surface area contributed by atoms with Crippen LogP contribution in [0.3, 0.4) is 0 Å². The number of nitrogens with one attached hydrogen (secondary N) is 1. The quantitative estimate of drug-likeness (QED) is 0.573. The van der Waals surface area contributed by atoms with Gasteiger partial charge in [-0.25, -0.2) is 0 Å². The summed E-state index contributed by atoms with van der Waals surface area (Å²) in [5.41, 5.74) is 0.555. The van der Waals surface area contributed by atoms with E-state index in [4.69, 9.17) is 4.74 Å². The van der Waals surface area contributed by atoms with Gasteiger partial charge in [0.15, 0.2) is 0 Å². The molecule has 1 amide bonds. The number of piperidine rings is 1. The maximum atomic E-state index is 12.5. The Hall–Kier alpha value is -1.67. The van der Waals surface area contributed by atoms with Gasteiger partial charge in [-0.2, -0.15) is 8.78 Å². The second kappa shape index (κ2) is 9.87. The molecule has 26 heavy (non-hydrogen) atoms. The van der Waals surface area contributed by atoms with Gasteiger partial charge in [-0.1, -0.05) is 11.8 Å². The molecule has 2 atom stereocenters. The van der Waals surface area contributed by atoms with Crippen LogP contribution in [0.2, 0.25) is 0 Å². The van der Waals surface area contributed by atoms with E-state index in [9.17, 15) is 18.4 Å². The Morgan fingerprint density at radius 3 is 2.65 bits per heavy atom. The highest BCUT2D eigenvalue weighted by atomic mass is 32.2. The lowest BCUT2D eigenvalue weighted by molar-refractivity contribution is -0.150. The van der Waals surface area contributed by atoms with E-state index >= 15 is 0 Å². The Morgan fingerprint density at radius 1 is 1.35 bits per heavy atom. The number of anilines is 1. The largest absolute Gasteiger partial charge is 0.466 e. The second-order valence-electron chi connectivity index (χ2n) is 6.15. The molecule has 1 aromatic carbocycles. The molecule has 1 aliphatic rings. The number of carbonyl (C=O) groups is 2. The maximum absolute atomic E-state index is 12.5. The highest BCUT2D eigenvalue weighted by molar-refractivity contribution is 7.99. The molecule has 8 heteroatoms. The summed E-state index contributed by atoms with van der Waals surface area (Å²) in [6.07, 6.45) is 1.60. The van der Waals surface area contributed by atoms with Gasteiger partial charge < -0.3 is 10.1 Å². The van der Waals surface area contributed by atoms with Gasteiger partial charge in [-0.15, -0.1) is 0 Å². The van der Waals surface area contributed by atoms with Crippen molar-refractivity contribution >= 4 is 29.3 Å². The molecule has 144 valence electrons. The van der Waals surface area contributed by atoms with Gasteiger partial charge >= 0.3 is 5.97 Å². The van der Waals surface area contributed by atoms with Crippen molar-refractivity contribution in [1.29, 1.82) is 0 Å². The molecule has 1 N–H and O–H groups in total. The van der Waals surface area contributed by atoms with Crippen LogP contribution in [0, 0.1) is 5.92 Å². The lowest BCUT2D eigenvalue weighted by atomic mass is 9.97. The molecule has 5 nitrogen and oxygen atoms in total. The number of ether oxygens (including phenoxy) is 1. The van der Waals surface area contributed by atoms with Crippen molar-refractivity contribution in [2.75, 3.05) is 25.0 Å². The number of rotatable bonds is 7. The lowest BCUT2D eigenvalue weighted by Crippen LogP contribution is -2.48. The van der Waals surface area contributed by atoms with Crippen LogP contribution < -0.4 is 5.32 Å². The highest BCUT2D eigenvalue weighted by Crippen LogP contribution is 2.26. The molecule has 0 aliphatic carbocycles. The number of carbonyl (C=O) groups excluding carboxylic acids is 2. The first kappa shape index (κ1) is 20.6. The van der Waals surface area contributed by atoms with Gasteiger partial charge in [0, 0.05) is 17.1 Å². The van der Waals surface area contributed by atoms with Crippen molar-refractivity contribution in [3.05, 3.63) is 24.3 Å². The van der Waals surface area contributed by atoms with E-state index in [1.165, 1.54) is 0 Å². The zero-order valence-electron chi connectivity index (χ0n) is 14.9. The molecule has 0 spiro atoms. The number of esters is 1. The minimum Gasteiger partial charge on any atom is -0.466 e. The average molecular weight is 386 g/mol. The SMILES string of the molecule is CCOC(=O)[C@H]1CCCN([C@@H](C)C(=O)Nc2ccc(SC(F)F)cc2)C1. The van der Waals surface area contributed by atoms with Gasteiger partial charge in [-0.05, 0) is 57.5 Å². The van der Waals surface area contributed by atoms with Crippen molar-refractivity contribution in [3.63, 3.8) is 0 Å². The van der Waals surface area contributed by atoms with E-state index < -0.39 is 11.8 Å². The summed E-state index contributed by atoms with van der Waals surface area (Å²) in [5.74, 6) is -3.08. The summed E-state index contributed by atoms with van der Waals surface area (Å²) in [6.45, 7) is 5.17. The standard InChI is InChI=1S/C18H24F2N2O3S/c1-3-25-17(24)13-5-4-10-22(11-13)12(2)16(23)21-14-6-8-15(9-7-14)26-18(19)20/h6-9,12-13,18H,3-5,10-11H2,1-2H3,(H,21,23)/t12-,13-/m0/s1. The van der Waals surface area contributed by atoms with E-state index in [0.717, 1.165) is 19.4 Å². The molecule has 1 heterocycles. The van der Waals surface area contributed by atoms with Gasteiger partial charge in [0.05, 0.1) is 18.6 Å². The Labute approximate surface area is 156 Å². The molecule has 1 saturated heterocycles. The third-order valence-corrected chi connectivity index (χ3v) is 5.07. The third-order valence-electron chi connectivity index (χ3n) is 4.35. The number of hydrogen-bond donors (Lipinski definition) is 1. The molecule has 1 fully saturated rings. The summed E-state index contributed by atoms with van der Waals surface area (Å²) < 4.78 is 29.8. The van der Waals surface area contributed by atoms with Crippen molar-refractivity contribution in [2.45, 2.75) is 43.4 Å². The Balaban J connectivity index is 1.91. The number of benzene rings is 1. The van der Waals surface area contributed by atoms with Gasteiger partial charge in [0.2, 0.25) is 5.91 Å². The molecule has 1 aromatic rings. The van der Waals surface area contributed by atoms with Crippen LogP contribution in [0.25, 0.3) is 0 Å². The van der Waals surface area contributed by atoms with Crippen LogP contribution in [0.15, 0.2) is 29.2 Å². The zero-order chi connectivity index (χ0) is 19.1. The number of likely N-dealkylation sites (tertiary alicyclic amines) is 1. The monoisotopic (exact) mass is 386 g/mol. The molecular weight excluding hydrogens is 362 g/mol. The first-order valence-electron chi connectivity index (χ1n) is 8.67. The molecule has 0 bridgehead atoms. The number of nitrogens with zero attached hydrogens (tertiary/aromatic N) is 1. The van der Waals surface area contributed by atoms with Crippen LogP contribution in [-0.4, -0.2) is 48.3 Å². The number of thioether (sulfide) groups is 1. The predicted molar refractivity (Wildman–Crippen MR) is 97.3 cm³/mol. The van der Waals surface area contributed by atoms with E-state index in [2.05, 4.69) is 5.32 Å². The van der Waals surface area contributed by atoms with Crippen molar-refractivity contribution in [2.24, 2.45) is 5.92 Å². The Kier molecular flexibility index (Phi) is 7.84. The topological polar surface area (TPSA) is 58.6 Å². The summed E-state index contributed by atoms with van der Waals surface area (Å²) in [4.78, 5) is 26.8. The molecule has 2 rings (SSSR count). The van der Waals surface area contributed by atoms with Crippen molar-refractivity contribution < 1.29 is 23.1 Å². The van der Waals surface area contributed by atoms with E-state index in [1.807, 2.05) is 4.90 Å². The number of alkyl halides is 2. The molecule has 0 unspecified atom stereocenters. The van der Waals surface area contributed by atoms with Gasteiger partial charge in [-0.3, -0.25) is 14.5 Å². The van der Waals surface area contributed by atoms with Crippen molar-refractivity contribution in [3.8, 4) is 0 Å². The number of hydrogen-bond acceptors (Lipinski definition) is 5. The molecule has 0 aromatic heterocycles. The van der Waals surface area contributed by atoms with Crippen molar-refractivity contribution in [1.82, 2.24) is 4.90 Å². The second-order valence-corrected chi connectivity index (χ2v) is 7.22. The zero-order valence-corrected chi connectivity index (χ0v) is 15.7. The van der Waals surface area contributed by atoms with Crippen LogP contribution in [-0.2, 0) is 14.3 Å². The highest BCUT2D eigenvalue weighted by Gasteiger charge is 2.31. The van der Waals surface area contributed by atoms with Crippen LogP contribution in [0.5, 0.6) is 0 Å². The predicted octanol–water partition coefficient (Wildman–Crippen LogP) is 3.60. The van der Waals surface area contributed by atoms with Gasteiger partial charge in [0.25, 0.3) is 5.76 Å². The summed E-state index contributed by atoms with van der Waals surface area (Å²) in [5, 5.41) is 2.80. The minimum absolute atomic E-state index is 0.191. The lowest BCUT2D eigenvalue weighted by Gasteiger charge is -2.35. The average Bonchev–Trinajstić information content (AvgIpc) is 2.62. The van der Waals surface area contributed by atoms with E-state index in [0.29, 0.717) is 35.5 Å². The normalized spacial score (nSPS) is 19.2. The van der Waals surface area contributed by atoms with Crippen LogP contribution in [0.1, 0.15) is 26.7 Å².